The number of hydrogen-bond acceptors (Lipinski definition) is 5. The van der Waals surface area contributed by atoms with Crippen LogP contribution in [0.3, 0.4) is 0 Å². The third-order valence-electron chi connectivity index (χ3n) is 5.27. The highest BCUT2D eigenvalue weighted by Crippen LogP contribution is 2.29. The Labute approximate surface area is 177 Å². The van der Waals surface area contributed by atoms with Crippen LogP contribution in [0.5, 0.6) is 0 Å². The first kappa shape index (κ1) is 18.7. The van der Waals surface area contributed by atoms with Gasteiger partial charge in [-0.2, -0.15) is 10.1 Å². The molecule has 7 nitrogen and oxygen atoms in total. The van der Waals surface area contributed by atoms with Gasteiger partial charge in [0.15, 0.2) is 0 Å². The number of nitrogens with zero attached hydrogens (tertiary/aromatic N) is 2. The summed E-state index contributed by atoms with van der Waals surface area (Å²) in [4.78, 5) is 36.5. The van der Waals surface area contributed by atoms with Crippen LogP contribution in [0.4, 0.5) is 5.69 Å². The van der Waals surface area contributed by atoms with E-state index in [1.54, 1.807) is 43.3 Å². The van der Waals surface area contributed by atoms with E-state index < -0.39 is 11.8 Å². The molecular formula is C24H17N3O4. The fourth-order valence-corrected chi connectivity index (χ4v) is 3.59. The van der Waals surface area contributed by atoms with E-state index in [0.29, 0.717) is 45.2 Å². The maximum absolute atomic E-state index is 12.9. The topological polar surface area (TPSA) is 92.0 Å². The molecule has 0 atom stereocenters. The Balaban J connectivity index is 1.43. The first-order valence-corrected chi connectivity index (χ1v) is 9.69. The Morgan fingerprint density at radius 3 is 2.42 bits per heavy atom. The molecule has 0 aliphatic carbocycles. The van der Waals surface area contributed by atoms with Gasteiger partial charge in [-0.1, -0.05) is 23.8 Å². The predicted octanol–water partition coefficient (Wildman–Crippen LogP) is 3.94. The van der Waals surface area contributed by atoms with Crippen molar-refractivity contribution < 1.29 is 18.8 Å². The third kappa shape index (κ3) is 3.16. The van der Waals surface area contributed by atoms with Gasteiger partial charge < -0.3 is 4.42 Å². The number of fused-ring (bicyclic) bond motifs is 1. The van der Waals surface area contributed by atoms with Crippen molar-refractivity contribution in [2.24, 2.45) is 5.10 Å². The van der Waals surface area contributed by atoms with E-state index in [4.69, 9.17) is 4.42 Å². The van der Waals surface area contributed by atoms with Gasteiger partial charge in [-0.05, 0) is 56.3 Å². The van der Waals surface area contributed by atoms with E-state index in [1.807, 2.05) is 31.2 Å². The van der Waals surface area contributed by atoms with Crippen molar-refractivity contribution in [2.75, 3.05) is 5.01 Å². The molecule has 0 saturated carbocycles. The molecule has 0 fully saturated rings. The van der Waals surface area contributed by atoms with Crippen molar-refractivity contribution in [3.8, 4) is 11.3 Å². The third-order valence-corrected chi connectivity index (χ3v) is 5.27. The monoisotopic (exact) mass is 411 g/mol. The molecule has 3 amide bonds. The molecule has 0 unspecified atom stereocenters. The number of imide groups is 1. The summed E-state index contributed by atoms with van der Waals surface area (Å²) < 4.78 is 5.89. The van der Waals surface area contributed by atoms with Crippen LogP contribution >= 0.6 is 0 Å². The molecule has 1 aromatic heterocycles. The molecule has 3 aromatic rings. The number of benzene rings is 2. The molecule has 0 bridgehead atoms. The first-order chi connectivity index (χ1) is 14.9. The van der Waals surface area contributed by atoms with Gasteiger partial charge in [-0.15, -0.1) is 0 Å². The SMILES string of the molecule is CC1=NN(c2ccc(C)cc2)C(=O)/C1=C/c1ccc(-c2ccc3c(c2)C(=O)NC3=O)o1. The van der Waals surface area contributed by atoms with Crippen molar-refractivity contribution in [3.63, 3.8) is 0 Å². The normalized spacial score (nSPS) is 16.7. The van der Waals surface area contributed by atoms with Gasteiger partial charge in [-0.3, -0.25) is 19.7 Å². The molecule has 0 spiro atoms. The quantitative estimate of drug-likeness (QED) is 0.522. The van der Waals surface area contributed by atoms with Crippen LogP contribution in [0.15, 0.2) is 69.7 Å². The Bertz CT molecular complexity index is 1330. The number of carbonyl (C=O) groups excluding carboxylic acids is 3. The molecule has 3 heterocycles. The average molecular weight is 411 g/mol. The zero-order valence-corrected chi connectivity index (χ0v) is 16.8. The van der Waals surface area contributed by atoms with Crippen LogP contribution in [-0.4, -0.2) is 23.4 Å². The van der Waals surface area contributed by atoms with E-state index in [9.17, 15) is 14.4 Å². The Morgan fingerprint density at radius 1 is 0.903 bits per heavy atom. The lowest BCUT2D eigenvalue weighted by atomic mass is 10.0. The number of hydrazone groups is 1. The molecular weight excluding hydrogens is 394 g/mol. The minimum atomic E-state index is -0.421. The molecule has 152 valence electrons. The van der Waals surface area contributed by atoms with Gasteiger partial charge >= 0.3 is 0 Å². The summed E-state index contributed by atoms with van der Waals surface area (Å²) in [6, 6.07) is 16.0. The number of furan rings is 1. The summed E-state index contributed by atoms with van der Waals surface area (Å²) in [6.45, 7) is 3.76. The van der Waals surface area contributed by atoms with Crippen LogP contribution in [-0.2, 0) is 4.79 Å². The van der Waals surface area contributed by atoms with E-state index in [1.165, 1.54) is 5.01 Å². The number of aryl methyl sites for hydroxylation is 1. The van der Waals surface area contributed by atoms with E-state index in [0.717, 1.165) is 5.56 Å². The molecule has 7 heteroatoms. The number of amides is 3. The van der Waals surface area contributed by atoms with Gasteiger partial charge in [-0.25, -0.2) is 0 Å². The molecule has 2 aliphatic heterocycles. The lowest BCUT2D eigenvalue weighted by Crippen LogP contribution is -2.21. The largest absolute Gasteiger partial charge is 0.457 e. The zero-order valence-electron chi connectivity index (χ0n) is 16.8. The summed E-state index contributed by atoms with van der Waals surface area (Å²) in [5.41, 5.74) is 4.17. The van der Waals surface area contributed by atoms with Gasteiger partial charge in [0.2, 0.25) is 0 Å². The van der Waals surface area contributed by atoms with Gasteiger partial charge in [0.1, 0.15) is 11.5 Å². The number of carbonyl (C=O) groups is 3. The average Bonchev–Trinajstić information content (AvgIpc) is 3.42. The van der Waals surface area contributed by atoms with Crippen LogP contribution in [0.1, 0.15) is 39.0 Å². The molecule has 2 aromatic carbocycles. The molecule has 5 rings (SSSR count). The number of nitrogens with one attached hydrogen (secondary N) is 1. The van der Waals surface area contributed by atoms with Gasteiger partial charge in [0.05, 0.1) is 28.1 Å². The van der Waals surface area contributed by atoms with Crippen molar-refractivity contribution in [1.29, 1.82) is 0 Å². The van der Waals surface area contributed by atoms with E-state index in [2.05, 4.69) is 10.4 Å². The van der Waals surface area contributed by atoms with Crippen LogP contribution in [0.2, 0.25) is 0 Å². The van der Waals surface area contributed by atoms with Crippen molar-refractivity contribution in [3.05, 3.63) is 82.6 Å². The summed E-state index contributed by atoms with van der Waals surface area (Å²) in [5.74, 6) is -0.0386. The number of hydrogen-bond donors (Lipinski definition) is 1. The fourth-order valence-electron chi connectivity index (χ4n) is 3.59. The zero-order chi connectivity index (χ0) is 21.7. The molecule has 1 N–H and O–H groups in total. The van der Waals surface area contributed by atoms with Crippen LogP contribution in [0.25, 0.3) is 17.4 Å². The highest BCUT2D eigenvalue weighted by atomic mass is 16.3. The highest BCUT2D eigenvalue weighted by molar-refractivity contribution is 6.32. The smallest absolute Gasteiger partial charge is 0.280 e. The number of rotatable bonds is 3. The summed E-state index contributed by atoms with van der Waals surface area (Å²) >= 11 is 0. The van der Waals surface area contributed by atoms with Crippen LogP contribution < -0.4 is 10.3 Å². The predicted molar refractivity (Wildman–Crippen MR) is 116 cm³/mol. The van der Waals surface area contributed by atoms with Crippen LogP contribution in [0, 0.1) is 6.92 Å². The second-order valence-corrected chi connectivity index (χ2v) is 7.44. The standard InChI is InChI=1S/C24H17N3O4/c1-13-3-6-16(7-4-13)27-24(30)19(14(2)26-27)12-17-8-10-21(31-17)15-5-9-18-20(11-15)23(29)25-22(18)28/h3-12H,1-2H3,(H,25,28,29)/b19-12+. The molecule has 2 aliphatic rings. The molecule has 0 radical (unpaired) electrons. The number of anilines is 1. The lowest BCUT2D eigenvalue weighted by molar-refractivity contribution is -0.114. The minimum absolute atomic E-state index is 0.230. The highest BCUT2D eigenvalue weighted by Gasteiger charge is 2.29. The Hall–Kier alpha value is -4.26. The lowest BCUT2D eigenvalue weighted by Gasteiger charge is -2.11. The second kappa shape index (κ2) is 6.91. The molecule has 0 saturated heterocycles. The first-order valence-electron chi connectivity index (χ1n) is 9.69. The maximum atomic E-state index is 12.9. The van der Waals surface area contributed by atoms with Crippen molar-refractivity contribution >= 4 is 35.2 Å². The van der Waals surface area contributed by atoms with Crippen molar-refractivity contribution in [1.82, 2.24) is 5.32 Å². The summed E-state index contributed by atoms with van der Waals surface area (Å²) in [7, 11) is 0. The fraction of sp³-hybridized carbons (Fsp3) is 0.0833. The minimum Gasteiger partial charge on any atom is -0.457 e. The second-order valence-electron chi connectivity index (χ2n) is 7.44. The maximum Gasteiger partial charge on any atom is 0.280 e. The summed E-state index contributed by atoms with van der Waals surface area (Å²) in [6.07, 6.45) is 1.66. The van der Waals surface area contributed by atoms with E-state index >= 15 is 0 Å². The Kier molecular flexibility index (Phi) is 4.18. The van der Waals surface area contributed by atoms with Crippen molar-refractivity contribution in [2.45, 2.75) is 13.8 Å². The Morgan fingerprint density at radius 2 is 1.65 bits per heavy atom. The van der Waals surface area contributed by atoms with E-state index in [-0.39, 0.29) is 5.91 Å². The summed E-state index contributed by atoms with van der Waals surface area (Å²) in [5, 5.41) is 8.03. The molecule has 31 heavy (non-hydrogen) atoms. The van der Waals surface area contributed by atoms with Gasteiger partial charge in [0, 0.05) is 5.56 Å². The van der Waals surface area contributed by atoms with Gasteiger partial charge in [0.25, 0.3) is 17.7 Å².